The molecule has 0 aliphatic heterocycles. The van der Waals surface area contributed by atoms with Gasteiger partial charge in [0.25, 0.3) is 0 Å². The lowest BCUT2D eigenvalue weighted by molar-refractivity contribution is -0.125. The molecule has 0 radical (unpaired) electrons. The molecule has 0 fully saturated rings. The van der Waals surface area contributed by atoms with Crippen molar-refractivity contribution in [2.75, 3.05) is 19.6 Å². The quantitative estimate of drug-likeness (QED) is 0.506. The van der Waals surface area contributed by atoms with E-state index in [9.17, 15) is 9.59 Å². The van der Waals surface area contributed by atoms with Crippen LogP contribution in [0.4, 0.5) is 0 Å². The van der Waals surface area contributed by atoms with Crippen LogP contribution in [0.1, 0.15) is 26.7 Å². The third-order valence-electron chi connectivity index (χ3n) is 2.09. The largest absolute Gasteiger partial charge is 0.355 e. The SMILES string of the molecule is CC(=O)NCCNC(=O)C(C)CCCN. The zero-order chi connectivity index (χ0) is 11.7. The molecule has 0 heterocycles. The lowest BCUT2D eigenvalue weighted by Gasteiger charge is -2.11. The normalized spacial score (nSPS) is 11.9. The maximum atomic E-state index is 11.4. The van der Waals surface area contributed by atoms with Crippen LogP contribution in [0.25, 0.3) is 0 Å². The van der Waals surface area contributed by atoms with Crippen molar-refractivity contribution in [3.8, 4) is 0 Å². The Labute approximate surface area is 90.8 Å². The second-order valence-electron chi connectivity index (χ2n) is 3.61. The summed E-state index contributed by atoms with van der Waals surface area (Å²) in [5.74, 6) is -0.0693. The van der Waals surface area contributed by atoms with Crippen LogP contribution in [0.15, 0.2) is 0 Å². The fourth-order valence-electron chi connectivity index (χ4n) is 1.15. The van der Waals surface area contributed by atoms with Gasteiger partial charge in [-0.15, -0.1) is 0 Å². The first-order valence-corrected chi connectivity index (χ1v) is 5.30. The average molecular weight is 215 g/mol. The molecule has 1 unspecified atom stereocenters. The number of amides is 2. The van der Waals surface area contributed by atoms with Gasteiger partial charge in [0.2, 0.25) is 11.8 Å². The third-order valence-corrected chi connectivity index (χ3v) is 2.09. The third kappa shape index (κ3) is 7.93. The summed E-state index contributed by atoms with van der Waals surface area (Å²) in [7, 11) is 0. The Morgan fingerprint density at radius 3 is 2.40 bits per heavy atom. The Bertz CT molecular complexity index is 207. The van der Waals surface area contributed by atoms with Gasteiger partial charge < -0.3 is 16.4 Å². The molecule has 0 aromatic carbocycles. The van der Waals surface area contributed by atoms with E-state index in [-0.39, 0.29) is 17.7 Å². The fraction of sp³-hybridized carbons (Fsp3) is 0.800. The van der Waals surface area contributed by atoms with Crippen molar-refractivity contribution < 1.29 is 9.59 Å². The maximum absolute atomic E-state index is 11.4. The molecule has 0 aliphatic carbocycles. The van der Waals surface area contributed by atoms with E-state index in [1.807, 2.05) is 6.92 Å². The molecule has 1 atom stereocenters. The van der Waals surface area contributed by atoms with E-state index in [0.717, 1.165) is 12.8 Å². The first-order valence-electron chi connectivity index (χ1n) is 5.30. The topological polar surface area (TPSA) is 84.2 Å². The predicted molar refractivity (Wildman–Crippen MR) is 59.1 cm³/mol. The van der Waals surface area contributed by atoms with Crippen LogP contribution < -0.4 is 16.4 Å². The van der Waals surface area contributed by atoms with Gasteiger partial charge in [-0.25, -0.2) is 0 Å². The monoisotopic (exact) mass is 215 g/mol. The lowest BCUT2D eigenvalue weighted by Crippen LogP contribution is -2.36. The second kappa shape index (κ2) is 8.23. The van der Waals surface area contributed by atoms with Crippen molar-refractivity contribution in [2.24, 2.45) is 11.7 Å². The average Bonchev–Trinajstić information content (AvgIpc) is 2.20. The van der Waals surface area contributed by atoms with E-state index >= 15 is 0 Å². The summed E-state index contributed by atoms with van der Waals surface area (Å²) in [6, 6.07) is 0. The van der Waals surface area contributed by atoms with Crippen molar-refractivity contribution in [2.45, 2.75) is 26.7 Å². The minimum Gasteiger partial charge on any atom is -0.355 e. The maximum Gasteiger partial charge on any atom is 0.222 e. The molecular weight excluding hydrogens is 194 g/mol. The van der Waals surface area contributed by atoms with E-state index in [4.69, 9.17) is 5.73 Å². The van der Waals surface area contributed by atoms with Gasteiger partial charge in [-0.1, -0.05) is 6.92 Å². The molecule has 88 valence electrons. The molecular formula is C10H21N3O2. The first kappa shape index (κ1) is 13.9. The van der Waals surface area contributed by atoms with Crippen molar-refractivity contribution >= 4 is 11.8 Å². The molecule has 0 aromatic heterocycles. The zero-order valence-electron chi connectivity index (χ0n) is 9.51. The van der Waals surface area contributed by atoms with Crippen LogP contribution in [0, 0.1) is 5.92 Å². The lowest BCUT2D eigenvalue weighted by atomic mass is 10.1. The Hall–Kier alpha value is -1.10. The van der Waals surface area contributed by atoms with Crippen LogP contribution >= 0.6 is 0 Å². The minimum absolute atomic E-state index is 0.00845. The van der Waals surface area contributed by atoms with E-state index in [1.54, 1.807) is 0 Å². The van der Waals surface area contributed by atoms with Gasteiger partial charge in [0, 0.05) is 25.9 Å². The Morgan fingerprint density at radius 2 is 1.87 bits per heavy atom. The minimum atomic E-state index is -0.0829. The molecule has 0 saturated heterocycles. The number of carbonyl (C=O) groups excluding carboxylic acids is 2. The van der Waals surface area contributed by atoms with Gasteiger partial charge in [0.05, 0.1) is 0 Å². The van der Waals surface area contributed by atoms with Crippen LogP contribution in [0.3, 0.4) is 0 Å². The molecule has 4 N–H and O–H groups in total. The van der Waals surface area contributed by atoms with E-state index in [1.165, 1.54) is 6.92 Å². The second-order valence-corrected chi connectivity index (χ2v) is 3.61. The van der Waals surface area contributed by atoms with Crippen LogP contribution in [-0.4, -0.2) is 31.4 Å². The van der Waals surface area contributed by atoms with Crippen LogP contribution in [0.5, 0.6) is 0 Å². The molecule has 0 bridgehead atoms. The highest BCUT2D eigenvalue weighted by Crippen LogP contribution is 2.03. The highest BCUT2D eigenvalue weighted by molar-refractivity contribution is 5.78. The summed E-state index contributed by atoms with van der Waals surface area (Å²) in [6.45, 7) is 4.90. The number of nitrogens with two attached hydrogens (primary N) is 1. The Morgan fingerprint density at radius 1 is 1.27 bits per heavy atom. The van der Waals surface area contributed by atoms with Crippen molar-refractivity contribution in [1.29, 1.82) is 0 Å². The summed E-state index contributed by atoms with van der Waals surface area (Å²) in [6.07, 6.45) is 1.67. The molecule has 0 spiro atoms. The molecule has 0 saturated carbocycles. The number of nitrogens with one attached hydrogen (secondary N) is 2. The summed E-state index contributed by atoms with van der Waals surface area (Å²) in [5.41, 5.74) is 5.35. The summed E-state index contributed by atoms with van der Waals surface area (Å²) in [4.78, 5) is 22.0. The number of hydrogen-bond acceptors (Lipinski definition) is 3. The van der Waals surface area contributed by atoms with Crippen molar-refractivity contribution in [1.82, 2.24) is 10.6 Å². The molecule has 0 aromatic rings. The zero-order valence-corrected chi connectivity index (χ0v) is 9.51. The number of hydrogen-bond donors (Lipinski definition) is 3. The van der Waals surface area contributed by atoms with Gasteiger partial charge in [-0.05, 0) is 19.4 Å². The summed E-state index contributed by atoms with van der Waals surface area (Å²) < 4.78 is 0. The molecule has 5 heteroatoms. The smallest absolute Gasteiger partial charge is 0.222 e. The van der Waals surface area contributed by atoms with E-state index < -0.39 is 0 Å². The molecule has 15 heavy (non-hydrogen) atoms. The van der Waals surface area contributed by atoms with E-state index in [2.05, 4.69) is 10.6 Å². The Balaban J connectivity index is 3.51. The molecule has 0 aliphatic rings. The molecule has 0 rings (SSSR count). The summed E-state index contributed by atoms with van der Waals surface area (Å²) in [5, 5.41) is 5.36. The highest BCUT2D eigenvalue weighted by Gasteiger charge is 2.10. The highest BCUT2D eigenvalue weighted by atomic mass is 16.2. The molecule has 2 amide bonds. The van der Waals surface area contributed by atoms with Crippen molar-refractivity contribution in [3.63, 3.8) is 0 Å². The van der Waals surface area contributed by atoms with Gasteiger partial charge >= 0.3 is 0 Å². The fourth-order valence-corrected chi connectivity index (χ4v) is 1.15. The number of carbonyl (C=O) groups is 2. The summed E-state index contributed by atoms with van der Waals surface area (Å²) >= 11 is 0. The van der Waals surface area contributed by atoms with Gasteiger partial charge in [-0.3, -0.25) is 9.59 Å². The Kier molecular flexibility index (Phi) is 7.62. The molecule has 5 nitrogen and oxygen atoms in total. The standard InChI is InChI=1S/C10H21N3O2/c1-8(4-3-5-11)10(15)13-7-6-12-9(2)14/h8H,3-7,11H2,1-2H3,(H,12,14)(H,13,15). The van der Waals surface area contributed by atoms with Gasteiger partial charge in [-0.2, -0.15) is 0 Å². The van der Waals surface area contributed by atoms with E-state index in [0.29, 0.717) is 19.6 Å². The van der Waals surface area contributed by atoms with Gasteiger partial charge in [0.1, 0.15) is 0 Å². The van der Waals surface area contributed by atoms with Crippen molar-refractivity contribution in [3.05, 3.63) is 0 Å². The van der Waals surface area contributed by atoms with Gasteiger partial charge in [0.15, 0.2) is 0 Å². The first-order chi connectivity index (χ1) is 7.07. The van der Waals surface area contributed by atoms with Crippen LogP contribution in [0.2, 0.25) is 0 Å². The predicted octanol–water partition coefficient (Wildman–Crippen LogP) is -0.386. The van der Waals surface area contributed by atoms with Crippen LogP contribution in [-0.2, 0) is 9.59 Å². The number of rotatable bonds is 7.